The van der Waals surface area contributed by atoms with Crippen LogP contribution in [0.2, 0.25) is 0 Å². The fourth-order valence-corrected chi connectivity index (χ4v) is 3.97. The Bertz CT molecular complexity index is 407. The van der Waals surface area contributed by atoms with E-state index in [-0.39, 0.29) is 12.2 Å². The minimum atomic E-state index is 0.172. The van der Waals surface area contributed by atoms with Gasteiger partial charge in [0, 0.05) is 39.4 Å². The molecule has 0 amide bonds. The van der Waals surface area contributed by atoms with Crippen molar-refractivity contribution in [3.8, 4) is 0 Å². The second-order valence-electron chi connectivity index (χ2n) is 7.27. The van der Waals surface area contributed by atoms with Gasteiger partial charge in [-0.3, -0.25) is 4.99 Å². The summed E-state index contributed by atoms with van der Waals surface area (Å²) in [6.45, 7) is 8.05. The van der Waals surface area contributed by atoms with Crippen LogP contribution in [0.1, 0.15) is 51.9 Å². The highest BCUT2D eigenvalue weighted by Crippen LogP contribution is 2.22. The van der Waals surface area contributed by atoms with E-state index in [1.165, 1.54) is 25.7 Å². The molecular formula is C19H35N3O3. The fourth-order valence-electron chi connectivity index (χ4n) is 3.97. The Kier molecular flexibility index (Phi) is 7.82. The topological polar surface area (TPSA) is 55.3 Å². The Balaban J connectivity index is 1.43. The van der Waals surface area contributed by atoms with Crippen LogP contribution in [0.15, 0.2) is 4.99 Å². The van der Waals surface area contributed by atoms with E-state index in [4.69, 9.17) is 19.2 Å². The van der Waals surface area contributed by atoms with E-state index < -0.39 is 0 Å². The highest BCUT2D eigenvalue weighted by molar-refractivity contribution is 5.80. The van der Waals surface area contributed by atoms with Gasteiger partial charge in [-0.25, -0.2) is 0 Å². The Hall–Kier alpha value is -0.850. The molecular weight excluding hydrogens is 318 g/mol. The van der Waals surface area contributed by atoms with E-state index >= 15 is 0 Å². The Morgan fingerprint density at radius 1 is 1.12 bits per heavy atom. The molecule has 0 spiro atoms. The average Bonchev–Trinajstić information content (AvgIpc) is 3.34. The molecule has 2 unspecified atom stereocenters. The van der Waals surface area contributed by atoms with E-state index in [1.807, 2.05) is 0 Å². The Morgan fingerprint density at radius 3 is 2.72 bits per heavy atom. The van der Waals surface area contributed by atoms with Crippen molar-refractivity contribution in [1.29, 1.82) is 0 Å². The van der Waals surface area contributed by atoms with Crippen LogP contribution in [0.3, 0.4) is 0 Å². The molecule has 0 aromatic rings. The summed E-state index contributed by atoms with van der Waals surface area (Å²) in [5.41, 5.74) is 0. The third-order valence-electron chi connectivity index (χ3n) is 5.33. The molecule has 1 aliphatic carbocycles. The number of hydrogen-bond acceptors (Lipinski definition) is 4. The van der Waals surface area contributed by atoms with E-state index in [1.54, 1.807) is 0 Å². The second kappa shape index (κ2) is 10.3. The van der Waals surface area contributed by atoms with Gasteiger partial charge in [0.05, 0.1) is 18.8 Å². The van der Waals surface area contributed by atoms with Crippen molar-refractivity contribution in [1.82, 2.24) is 10.2 Å². The maximum Gasteiger partial charge on any atom is 0.194 e. The summed E-state index contributed by atoms with van der Waals surface area (Å²) in [5, 5.41) is 3.43. The smallest absolute Gasteiger partial charge is 0.194 e. The number of morpholine rings is 1. The van der Waals surface area contributed by atoms with Gasteiger partial charge in [0.15, 0.2) is 5.96 Å². The first kappa shape index (κ1) is 18.9. The van der Waals surface area contributed by atoms with Crippen molar-refractivity contribution < 1.29 is 14.2 Å². The zero-order valence-corrected chi connectivity index (χ0v) is 15.8. The van der Waals surface area contributed by atoms with E-state index in [0.717, 1.165) is 71.2 Å². The zero-order valence-electron chi connectivity index (χ0n) is 15.8. The molecule has 6 nitrogen and oxygen atoms in total. The number of nitrogens with one attached hydrogen (secondary N) is 1. The van der Waals surface area contributed by atoms with Crippen LogP contribution in [0.25, 0.3) is 0 Å². The van der Waals surface area contributed by atoms with Gasteiger partial charge in [-0.2, -0.15) is 0 Å². The zero-order chi connectivity index (χ0) is 17.3. The first-order valence-corrected chi connectivity index (χ1v) is 10.2. The van der Waals surface area contributed by atoms with Crippen LogP contribution < -0.4 is 5.32 Å². The summed E-state index contributed by atoms with van der Waals surface area (Å²) >= 11 is 0. The van der Waals surface area contributed by atoms with Crippen molar-refractivity contribution in [2.24, 2.45) is 4.99 Å². The summed E-state index contributed by atoms with van der Waals surface area (Å²) in [6, 6.07) is 0. The quantitative estimate of drug-likeness (QED) is 0.432. The van der Waals surface area contributed by atoms with Gasteiger partial charge in [-0.05, 0) is 39.0 Å². The second-order valence-corrected chi connectivity index (χ2v) is 7.27. The van der Waals surface area contributed by atoms with Crippen molar-refractivity contribution in [3.05, 3.63) is 0 Å². The number of guanidine groups is 1. The number of ether oxygens (including phenoxy) is 3. The molecule has 25 heavy (non-hydrogen) atoms. The third kappa shape index (κ3) is 5.83. The van der Waals surface area contributed by atoms with Gasteiger partial charge in [-0.15, -0.1) is 0 Å². The number of aliphatic imine (C=N–C) groups is 1. The van der Waals surface area contributed by atoms with Gasteiger partial charge in [0.25, 0.3) is 0 Å². The fraction of sp³-hybridized carbons (Fsp3) is 0.947. The number of hydrogen-bond donors (Lipinski definition) is 1. The molecule has 0 radical (unpaired) electrons. The normalized spacial score (nSPS) is 28.7. The molecule has 2 heterocycles. The molecule has 0 aromatic carbocycles. The maximum absolute atomic E-state index is 5.95. The van der Waals surface area contributed by atoms with E-state index in [2.05, 4.69) is 17.1 Å². The van der Waals surface area contributed by atoms with Crippen molar-refractivity contribution in [2.45, 2.75) is 70.2 Å². The maximum atomic E-state index is 5.95. The molecule has 2 saturated heterocycles. The molecule has 144 valence electrons. The molecule has 2 aliphatic heterocycles. The molecule has 3 rings (SSSR count). The van der Waals surface area contributed by atoms with Crippen molar-refractivity contribution in [2.75, 3.05) is 46.0 Å². The molecule has 1 saturated carbocycles. The van der Waals surface area contributed by atoms with Crippen molar-refractivity contribution >= 4 is 5.96 Å². The van der Waals surface area contributed by atoms with Crippen LogP contribution in [-0.2, 0) is 14.2 Å². The van der Waals surface area contributed by atoms with Crippen molar-refractivity contribution in [3.63, 3.8) is 0 Å². The number of nitrogens with zero attached hydrogens (tertiary/aromatic N) is 2. The average molecular weight is 354 g/mol. The highest BCUT2D eigenvalue weighted by Gasteiger charge is 2.32. The monoisotopic (exact) mass is 353 g/mol. The van der Waals surface area contributed by atoms with Gasteiger partial charge in [0.1, 0.15) is 6.10 Å². The molecule has 0 aromatic heterocycles. The van der Waals surface area contributed by atoms with Crippen LogP contribution in [0.4, 0.5) is 0 Å². The summed E-state index contributed by atoms with van der Waals surface area (Å²) < 4.78 is 17.7. The van der Waals surface area contributed by atoms with Crippen LogP contribution >= 0.6 is 0 Å². The predicted octanol–water partition coefficient (Wildman–Crippen LogP) is 2.18. The minimum absolute atomic E-state index is 0.172. The molecule has 0 bridgehead atoms. The molecule has 6 heteroatoms. The molecule has 3 fully saturated rings. The summed E-state index contributed by atoms with van der Waals surface area (Å²) in [4.78, 5) is 7.15. The summed E-state index contributed by atoms with van der Waals surface area (Å²) in [6.07, 6.45) is 9.33. The molecule has 1 N–H and O–H groups in total. The lowest BCUT2D eigenvalue weighted by atomic mass is 10.1. The minimum Gasteiger partial charge on any atom is -0.378 e. The number of rotatable bonds is 7. The van der Waals surface area contributed by atoms with E-state index in [0.29, 0.717) is 6.10 Å². The molecule has 3 aliphatic rings. The summed E-state index contributed by atoms with van der Waals surface area (Å²) in [7, 11) is 0. The third-order valence-corrected chi connectivity index (χ3v) is 5.33. The van der Waals surface area contributed by atoms with Crippen LogP contribution in [-0.4, -0.2) is 75.2 Å². The first-order chi connectivity index (χ1) is 12.4. The van der Waals surface area contributed by atoms with Crippen LogP contribution in [0, 0.1) is 0 Å². The predicted molar refractivity (Wildman–Crippen MR) is 99.1 cm³/mol. The van der Waals surface area contributed by atoms with Gasteiger partial charge in [0.2, 0.25) is 0 Å². The highest BCUT2D eigenvalue weighted by atomic mass is 16.5. The van der Waals surface area contributed by atoms with Gasteiger partial charge >= 0.3 is 0 Å². The van der Waals surface area contributed by atoms with Crippen LogP contribution in [0.5, 0.6) is 0 Å². The standard InChI is InChI=1S/C19H35N3O3/c1-2-20-19(21-10-6-13-23-16-7-3-4-8-16)22-11-14-25-18(15-22)17-9-5-12-24-17/h16-18H,2-15H2,1H3,(H,20,21). The van der Waals surface area contributed by atoms with Gasteiger partial charge < -0.3 is 24.4 Å². The largest absolute Gasteiger partial charge is 0.378 e. The Labute approximate surface area is 152 Å². The Morgan fingerprint density at radius 2 is 1.96 bits per heavy atom. The first-order valence-electron chi connectivity index (χ1n) is 10.2. The molecule has 2 atom stereocenters. The van der Waals surface area contributed by atoms with E-state index in [9.17, 15) is 0 Å². The lowest BCUT2D eigenvalue weighted by molar-refractivity contribution is -0.0817. The lowest BCUT2D eigenvalue weighted by Gasteiger charge is -2.37. The SMILES string of the molecule is CCNC(=NCCCOC1CCCC1)N1CCOC(C2CCCO2)C1. The lowest BCUT2D eigenvalue weighted by Crippen LogP contribution is -2.53. The summed E-state index contributed by atoms with van der Waals surface area (Å²) in [5.74, 6) is 1.01. The van der Waals surface area contributed by atoms with Gasteiger partial charge in [-0.1, -0.05) is 12.8 Å².